The monoisotopic (exact) mass is 557 g/mol. The predicted octanol–water partition coefficient (Wildman–Crippen LogP) is 4.12. The largest absolute Gasteiger partial charge is 0.357 e. The van der Waals surface area contributed by atoms with Crippen LogP contribution < -0.4 is 9.62 Å². The quantitative estimate of drug-likeness (QED) is 0.428. The molecule has 3 rings (SSSR count). The lowest BCUT2D eigenvalue weighted by atomic mass is 10.1. The number of amides is 2. The fraction of sp³-hybridized carbons (Fsp3) is 0.231. The Balaban J connectivity index is 2.04. The van der Waals surface area contributed by atoms with Gasteiger partial charge in [-0.1, -0.05) is 64.5 Å². The van der Waals surface area contributed by atoms with Crippen LogP contribution in [0.2, 0.25) is 0 Å². The predicted molar refractivity (Wildman–Crippen MR) is 140 cm³/mol. The van der Waals surface area contributed by atoms with Crippen LogP contribution in [0, 0.1) is 6.92 Å². The van der Waals surface area contributed by atoms with Gasteiger partial charge in [0.25, 0.3) is 10.0 Å². The second-order valence-electron chi connectivity index (χ2n) is 8.04. The molecule has 0 fully saturated rings. The van der Waals surface area contributed by atoms with Crippen LogP contribution in [0.5, 0.6) is 0 Å². The molecule has 2 amide bonds. The lowest BCUT2D eigenvalue weighted by molar-refractivity contribution is -0.139. The molecule has 0 spiro atoms. The molecule has 0 bridgehead atoms. The molecule has 0 aromatic heterocycles. The molecule has 0 radical (unpaired) electrons. The minimum absolute atomic E-state index is 0.0672. The second kappa shape index (κ2) is 11.5. The second-order valence-corrected chi connectivity index (χ2v) is 10.8. The molecule has 3 aromatic carbocycles. The fourth-order valence-electron chi connectivity index (χ4n) is 3.64. The molecule has 9 heteroatoms. The summed E-state index contributed by atoms with van der Waals surface area (Å²) in [5.41, 5.74) is 2.17. The average Bonchev–Trinajstić information content (AvgIpc) is 2.86. The third-order valence-electron chi connectivity index (χ3n) is 5.72. The first-order valence-corrected chi connectivity index (χ1v) is 13.3. The van der Waals surface area contributed by atoms with E-state index < -0.39 is 28.5 Å². The highest BCUT2D eigenvalue weighted by Gasteiger charge is 2.32. The summed E-state index contributed by atoms with van der Waals surface area (Å²) < 4.78 is 29.0. The molecular formula is C26H28BrN3O4S. The summed E-state index contributed by atoms with van der Waals surface area (Å²) in [5.74, 6) is -0.837. The van der Waals surface area contributed by atoms with Crippen molar-refractivity contribution in [2.24, 2.45) is 0 Å². The summed E-state index contributed by atoms with van der Waals surface area (Å²) in [6.07, 6.45) is 0. The SMILES string of the molecule is CNC(=O)C(C)N(Cc1ccccc1C)C(=O)CN(c1cccc(Br)c1)S(=O)(=O)c1ccccc1. The van der Waals surface area contributed by atoms with Gasteiger partial charge >= 0.3 is 0 Å². The van der Waals surface area contributed by atoms with Gasteiger partial charge in [-0.15, -0.1) is 0 Å². The number of hydrogen-bond acceptors (Lipinski definition) is 4. The van der Waals surface area contributed by atoms with Crippen molar-refractivity contribution in [1.82, 2.24) is 10.2 Å². The van der Waals surface area contributed by atoms with Gasteiger partial charge in [-0.05, 0) is 55.3 Å². The first-order chi connectivity index (χ1) is 16.6. The molecule has 184 valence electrons. The van der Waals surface area contributed by atoms with E-state index in [0.29, 0.717) is 10.2 Å². The zero-order chi connectivity index (χ0) is 25.6. The summed E-state index contributed by atoms with van der Waals surface area (Å²) in [4.78, 5) is 27.7. The molecule has 35 heavy (non-hydrogen) atoms. The Morgan fingerprint density at radius 3 is 2.26 bits per heavy atom. The molecule has 0 saturated carbocycles. The topological polar surface area (TPSA) is 86.8 Å². The molecule has 0 aliphatic heterocycles. The van der Waals surface area contributed by atoms with Gasteiger partial charge in [0.15, 0.2) is 0 Å². The van der Waals surface area contributed by atoms with E-state index in [0.717, 1.165) is 15.4 Å². The summed E-state index contributed by atoms with van der Waals surface area (Å²) in [5, 5.41) is 2.58. The molecule has 0 saturated heterocycles. The summed E-state index contributed by atoms with van der Waals surface area (Å²) in [6, 6.07) is 21.5. The number of nitrogens with one attached hydrogen (secondary N) is 1. The summed E-state index contributed by atoms with van der Waals surface area (Å²) in [7, 11) is -2.56. The molecular weight excluding hydrogens is 530 g/mol. The molecule has 7 nitrogen and oxygen atoms in total. The number of sulfonamides is 1. The van der Waals surface area contributed by atoms with Gasteiger partial charge in [-0.3, -0.25) is 13.9 Å². The Morgan fingerprint density at radius 2 is 1.63 bits per heavy atom. The van der Waals surface area contributed by atoms with Crippen LogP contribution in [0.3, 0.4) is 0 Å². The van der Waals surface area contributed by atoms with Crippen molar-refractivity contribution in [2.75, 3.05) is 17.9 Å². The van der Waals surface area contributed by atoms with Crippen molar-refractivity contribution in [3.63, 3.8) is 0 Å². The maximum absolute atomic E-state index is 13.7. The molecule has 0 aliphatic carbocycles. The maximum atomic E-state index is 13.7. The Morgan fingerprint density at radius 1 is 0.971 bits per heavy atom. The number of carbonyl (C=O) groups excluding carboxylic acids is 2. The normalized spacial score (nSPS) is 12.0. The van der Waals surface area contributed by atoms with Gasteiger partial charge in [-0.25, -0.2) is 8.42 Å². The van der Waals surface area contributed by atoms with Crippen molar-refractivity contribution in [3.8, 4) is 0 Å². The van der Waals surface area contributed by atoms with Crippen LogP contribution in [-0.4, -0.2) is 44.8 Å². The van der Waals surface area contributed by atoms with Crippen molar-refractivity contribution in [1.29, 1.82) is 0 Å². The number of anilines is 1. The zero-order valence-electron chi connectivity index (χ0n) is 19.8. The van der Waals surface area contributed by atoms with Crippen molar-refractivity contribution >= 4 is 43.5 Å². The number of carbonyl (C=O) groups is 2. The molecule has 0 aliphatic rings. The Kier molecular flexibility index (Phi) is 8.69. The van der Waals surface area contributed by atoms with Crippen molar-refractivity contribution in [2.45, 2.75) is 31.3 Å². The van der Waals surface area contributed by atoms with Gasteiger partial charge in [0.2, 0.25) is 11.8 Å². The van der Waals surface area contributed by atoms with E-state index in [1.54, 1.807) is 49.4 Å². The number of benzene rings is 3. The van der Waals surface area contributed by atoms with E-state index in [4.69, 9.17) is 0 Å². The van der Waals surface area contributed by atoms with Crippen LogP contribution in [0.15, 0.2) is 88.2 Å². The van der Waals surface area contributed by atoms with Gasteiger partial charge in [0.1, 0.15) is 12.6 Å². The first kappa shape index (κ1) is 26.4. The number of likely N-dealkylation sites (N-methyl/N-ethyl adjacent to an activating group) is 1. The number of rotatable bonds is 9. The van der Waals surface area contributed by atoms with Crippen LogP contribution in [0.1, 0.15) is 18.1 Å². The van der Waals surface area contributed by atoms with E-state index in [2.05, 4.69) is 21.2 Å². The van der Waals surface area contributed by atoms with E-state index >= 15 is 0 Å². The standard InChI is InChI=1S/C26H28BrN3O4S/c1-19-10-7-8-11-21(19)17-29(20(2)26(32)28-3)25(31)18-30(23-13-9-12-22(27)16-23)35(33,34)24-14-5-4-6-15-24/h4-16,20H,17-18H2,1-3H3,(H,28,32). The highest BCUT2D eigenvalue weighted by atomic mass is 79.9. The lowest BCUT2D eigenvalue weighted by Gasteiger charge is -2.32. The molecule has 0 heterocycles. The van der Waals surface area contributed by atoms with Gasteiger partial charge in [-0.2, -0.15) is 0 Å². The average molecular weight is 558 g/mol. The van der Waals surface area contributed by atoms with Gasteiger partial charge < -0.3 is 10.2 Å². The van der Waals surface area contributed by atoms with E-state index in [9.17, 15) is 18.0 Å². The Bertz CT molecular complexity index is 1300. The number of halogens is 1. The van der Waals surface area contributed by atoms with E-state index in [1.165, 1.54) is 24.1 Å². The van der Waals surface area contributed by atoms with Crippen LogP contribution in [0.25, 0.3) is 0 Å². The number of aryl methyl sites for hydroxylation is 1. The van der Waals surface area contributed by atoms with Crippen LogP contribution in [-0.2, 0) is 26.2 Å². The van der Waals surface area contributed by atoms with E-state index in [1.807, 2.05) is 31.2 Å². The third kappa shape index (κ3) is 6.29. The van der Waals surface area contributed by atoms with E-state index in [-0.39, 0.29) is 17.3 Å². The number of hydrogen-bond donors (Lipinski definition) is 1. The fourth-order valence-corrected chi connectivity index (χ4v) is 5.46. The molecule has 1 unspecified atom stereocenters. The maximum Gasteiger partial charge on any atom is 0.264 e. The smallest absolute Gasteiger partial charge is 0.264 e. The molecule has 1 N–H and O–H groups in total. The van der Waals surface area contributed by atoms with Gasteiger partial charge in [0.05, 0.1) is 10.6 Å². The summed E-state index contributed by atoms with van der Waals surface area (Å²) >= 11 is 3.38. The van der Waals surface area contributed by atoms with Crippen molar-refractivity contribution in [3.05, 3.63) is 94.5 Å². The first-order valence-electron chi connectivity index (χ1n) is 11.0. The molecule has 1 atom stereocenters. The summed E-state index contributed by atoms with van der Waals surface area (Å²) in [6.45, 7) is 3.25. The minimum atomic E-state index is -4.07. The number of nitrogens with zero attached hydrogens (tertiary/aromatic N) is 2. The minimum Gasteiger partial charge on any atom is -0.357 e. The van der Waals surface area contributed by atoms with Crippen LogP contribution >= 0.6 is 15.9 Å². The highest BCUT2D eigenvalue weighted by molar-refractivity contribution is 9.10. The zero-order valence-corrected chi connectivity index (χ0v) is 22.2. The van der Waals surface area contributed by atoms with Crippen LogP contribution in [0.4, 0.5) is 5.69 Å². The third-order valence-corrected chi connectivity index (χ3v) is 8.00. The van der Waals surface area contributed by atoms with Gasteiger partial charge in [0, 0.05) is 18.1 Å². The highest BCUT2D eigenvalue weighted by Crippen LogP contribution is 2.27. The Labute approximate surface area is 214 Å². The molecule has 3 aromatic rings. The van der Waals surface area contributed by atoms with Crippen molar-refractivity contribution < 1.29 is 18.0 Å². The lowest BCUT2D eigenvalue weighted by Crippen LogP contribution is -2.50. The Hall–Kier alpha value is -3.17.